The number of rotatable bonds is 5. The first kappa shape index (κ1) is 14.5. The van der Waals surface area contributed by atoms with Crippen molar-refractivity contribution in [2.75, 3.05) is 25.6 Å². The monoisotopic (exact) mass is 284 g/mol. The van der Waals surface area contributed by atoms with Crippen molar-refractivity contribution in [3.05, 3.63) is 28.1 Å². The predicted molar refractivity (Wildman–Crippen MR) is 71.6 cm³/mol. The maximum Gasteiger partial charge on any atom is 0.313 e. The van der Waals surface area contributed by atoms with E-state index in [1.54, 1.807) is 0 Å². The highest BCUT2D eigenvalue weighted by Crippen LogP contribution is 2.32. The van der Waals surface area contributed by atoms with E-state index in [0.717, 1.165) is 12.5 Å². The second kappa shape index (κ2) is 6.04. The first-order chi connectivity index (χ1) is 9.52. The van der Waals surface area contributed by atoms with E-state index in [9.17, 15) is 14.5 Å². The highest BCUT2D eigenvalue weighted by atomic mass is 19.1. The number of nitrogens with one attached hydrogen (secondary N) is 1. The van der Waals surface area contributed by atoms with Gasteiger partial charge in [0, 0.05) is 25.1 Å². The normalized spacial score (nSPS) is 21.8. The van der Waals surface area contributed by atoms with Gasteiger partial charge in [-0.2, -0.15) is 0 Å². The lowest BCUT2D eigenvalue weighted by Gasteiger charge is -2.16. The number of benzene rings is 1. The zero-order valence-electron chi connectivity index (χ0n) is 11.4. The van der Waals surface area contributed by atoms with E-state index in [2.05, 4.69) is 5.32 Å². The fourth-order valence-corrected chi connectivity index (χ4v) is 2.27. The van der Waals surface area contributed by atoms with Crippen LogP contribution < -0.4 is 10.1 Å². The minimum Gasteiger partial charge on any atom is -0.490 e. The van der Waals surface area contributed by atoms with Gasteiger partial charge in [-0.3, -0.25) is 10.1 Å². The lowest BCUT2D eigenvalue weighted by molar-refractivity contribution is -0.385. The molecular weight excluding hydrogens is 267 g/mol. The number of hydrogen-bond acceptors (Lipinski definition) is 5. The van der Waals surface area contributed by atoms with E-state index in [0.29, 0.717) is 19.1 Å². The van der Waals surface area contributed by atoms with Gasteiger partial charge in [-0.15, -0.1) is 0 Å². The van der Waals surface area contributed by atoms with Gasteiger partial charge in [-0.25, -0.2) is 4.39 Å². The van der Waals surface area contributed by atoms with Crippen molar-refractivity contribution < 1.29 is 18.8 Å². The van der Waals surface area contributed by atoms with Crippen LogP contribution in [-0.2, 0) is 4.74 Å². The summed E-state index contributed by atoms with van der Waals surface area (Å²) in [5, 5.41) is 13.7. The maximum absolute atomic E-state index is 13.8. The molecule has 110 valence electrons. The SMILES string of the molecule is COc1cc(NCC2CCOC2C)c(F)cc1[N+](=O)[O-]. The summed E-state index contributed by atoms with van der Waals surface area (Å²) in [6, 6.07) is 2.18. The van der Waals surface area contributed by atoms with Crippen molar-refractivity contribution in [1.29, 1.82) is 0 Å². The maximum atomic E-state index is 13.8. The number of hydrogen-bond donors (Lipinski definition) is 1. The third kappa shape index (κ3) is 2.98. The van der Waals surface area contributed by atoms with E-state index in [1.165, 1.54) is 13.2 Å². The van der Waals surface area contributed by atoms with Gasteiger partial charge in [0.2, 0.25) is 0 Å². The van der Waals surface area contributed by atoms with E-state index < -0.39 is 10.7 Å². The molecule has 0 bridgehead atoms. The lowest BCUT2D eigenvalue weighted by Crippen LogP contribution is -2.21. The lowest BCUT2D eigenvalue weighted by atomic mass is 10.0. The molecule has 1 aliphatic heterocycles. The number of nitro groups is 1. The van der Waals surface area contributed by atoms with Crippen molar-refractivity contribution >= 4 is 11.4 Å². The fraction of sp³-hybridized carbons (Fsp3) is 0.538. The minimum absolute atomic E-state index is 0.0367. The number of anilines is 1. The molecule has 1 aromatic rings. The molecule has 6 nitrogen and oxygen atoms in total. The number of methoxy groups -OCH3 is 1. The van der Waals surface area contributed by atoms with Crippen LogP contribution in [-0.4, -0.2) is 31.3 Å². The molecule has 0 spiro atoms. The molecular formula is C13H17FN2O4. The molecule has 0 saturated carbocycles. The van der Waals surface area contributed by atoms with Crippen LogP contribution in [0, 0.1) is 21.8 Å². The van der Waals surface area contributed by atoms with Gasteiger partial charge < -0.3 is 14.8 Å². The molecule has 0 aliphatic carbocycles. The van der Waals surface area contributed by atoms with Crippen LogP contribution in [0.3, 0.4) is 0 Å². The second-order valence-electron chi connectivity index (χ2n) is 4.77. The molecule has 2 rings (SSSR count). The summed E-state index contributed by atoms with van der Waals surface area (Å²) in [6.45, 7) is 3.24. The summed E-state index contributed by atoms with van der Waals surface area (Å²) in [7, 11) is 1.32. The zero-order valence-corrected chi connectivity index (χ0v) is 11.4. The Labute approximate surface area is 116 Å². The minimum atomic E-state index is -0.668. The van der Waals surface area contributed by atoms with Crippen LogP contribution in [0.5, 0.6) is 5.75 Å². The molecule has 0 aromatic heterocycles. The van der Waals surface area contributed by atoms with Crippen molar-refractivity contribution in [3.8, 4) is 5.75 Å². The predicted octanol–water partition coefficient (Wildman–Crippen LogP) is 2.58. The van der Waals surface area contributed by atoms with Crippen molar-refractivity contribution in [1.82, 2.24) is 0 Å². The van der Waals surface area contributed by atoms with Gasteiger partial charge in [0.05, 0.1) is 29.9 Å². The highest BCUT2D eigenvalue weighted by molar-refractivity contribution is 5.59. The summed E-state index contributed by atoms with van der Waals surface area (Å²) >= 11 is 0. The van der Waals surface area contributed by atoms with E-state index in [4.69, 9.17) is 9.47 Å². The number of nitrogens with zero attached hydrogens (tertiary/aromatic N) is 1. The molecule has 0 radical (unpaired) electrons. The van der Waals surface area contributed by atoms with Crippen LogP contribution in [0.25, 0.3) is 0 Å². The topological polar surface area (TPSA) is 73.6 Å². The van der Waals surface area contributed by atoms with E-state index >= 15 is 0 Å². The molecule has 1 aliphatic rings. The fourth-order valence-electron chi connectivity index (χ4n) is 2.27. The molecule has 1 saturated heterocycles. The average molecular weight is 284 g/mol. The van der Waals surface area contributed by atoms with E-state index in [1.807, 2.05) is 6.92 Å². The molecule has 1 fully saturated rings. The van der Waals surface area contributed by atoms with Crippen LogP contribution in [0.1, 0.15) is 13.3 Å². The van der Waals surface area contributed by atoms with Crippen LogP contribution in [0.4, 0.5) is 15.8 Å². The standard InChI is InChI=1S/C13H17FN2O4/c1-8-9(3-4-20-8)7-15-11-6-13(19-2)12(16(17)18)5-10(11)14/h5-6,8-9,15H,3-4,7H2,1-2H3. The summed E-state index contributed by atoms with van der Waals surface area (Å²) in [5.74, 6) is -0.325. The van der Waals surface area contributed by atoms with Crippen molar-refractivity contribution in [2.45, 2.75) is 19.4 Å². The average Bonchev–Trinajstić information content (AvgIpc) is 2.82. The second-order valence-corrected chi connectivity index (χ2v) is 4.77. The van der Waals surface area contributed by atoms with Crippen LogP contribution in [0.15, 0.2) is 12.1 Å². The molecule has 2 atom stereocenters. The molecule has 1 heterocycles. The quantitative estimate of drug-likeness (QED) is 0.664. The molecule has 20 heavy (non-hydrogen) atoms. The number of nitro benzene ring substituents is 1. The Kier molecular flexibility index (Phi) is 4.39. The third-order valence-corrected chi connectivity index (χ3v) is 3.55. The first-order valence-electron chi connectivity index (χ1n) is 6.40. The Morgan fingerprint density at radius 1 is 1.60 bits per heavy atom. The Balaban J connectivity index is 2.13. The molecule has 2 unspecified atom stereocenters. The van der Waals surface area contributed by atoms with Crippen LogP contribution >= 0.6 is 0 Å². The van der Waals surface area contributed by atoms with E-state index in [-0.39, 0.29) is 23.2 Å². The van der Waals surface area contributed by atoms with Gasteiger partial charge in [0.15, 0.2) is 11.6 Å². The van der Waals surface area contributed by atoms with Crippen LogP contribution in [0.2, 0.25) is 0 Å². The largest absolute Gasteiger partial charge is 0.490 e. The summed E-state index contributed by atoms with van der Waals surface area (Å²) in [4.78, 5) is 10.1. The Hall–Kier alpha value is -1.89. The third-order valence-electron chi connectivity index (χ3n) is 3.55. The Bertz CT molecular complexity index is 509. The molecule has 1 aromatic carbocycles. The van der Waals surface area contributed by atoms with Gasteiger partial charge in [0.25, 0.3) is 0 Å². The van der Waals surface area contributed by atoms with Gasteiger partial charge in [-0.05, 0) is 13.3 Å². The van der Waals surface area contributed by atoms with Crippen molar-refractivity contribution in [3.63, 3.8) is 0 Å². The molecule has 0 amide bonds. The smallest absolute Gasteiger partial charge is 0.313 e. The highest BCUT2D eigenvalue weighted by Gasteiger charge is 2.25. The molecule has 7 heteroatoms. The summed E-state index contributed by atoms with van der Waals surface area (Å²) in [5.41, 5.74) is -0.181. The number of halogens is 1. The number of ether oxygens (including phenoxy) is 2. The van der Waals surface area contributed by atoms with Gasteiger partial charge in [0.1, 0.15) is 0 Å². The molecule has 1 N–H and O–H groups in total. The summed E-state index contributed by atoms with van der Waals surface area (Å²) in [6.07, 6.45) is 1.05. The van der Waals surface area contributed by atoms with Gasteiger partial charge in [-0.1, -0.05) is 0 Å². The summed E-state index contributed by atoms with van der Waals surface area (Å²) < 4.78 is 24.2. The van der Waals surface area contributed by atoms with Crippen molar-refractivity contribution in [2.24, 2.45) is 5.92 Å². The van der Waals surface area contributed by atoms with Gasteiger partial charge >= 0.3 is 5.69 Å². The zero-order chi connectivity index (χ0) is 14.7. The Morgan fingerprint density at radius 3 is 2.90 bits per heavy atom. The Morgan fingerprint density at radius 2 is 2.35 bits per heavy atom. The first-order valence-corrected chi connectivity index (χ1v) is 6.40.